The first-order valence-electron chi connectivity index (χ1n) is 15.9. The van der Waals surface area contributed by atoms with Crippen molar-refractivity contribution in [1.82, 2.24) is 0 Å². The first kappa shape index (κ1) is 34.9. The Hall–Kier alpha value is -4.01. The summed E-state index contributed by atoms with van der Waals surface area (Å²) >= 11 is 0. The van der Waals surface area contributed by atoms with Crippen LogP contribution in [0.25, 0.3) is 0 Å². The van der Waals surface area contributed by atoms with Gasteiger partial charge in [0.05, 0.1) is 39.6 Å². The van der Waals surface area contributed by atoms with Gasteiger partial charge in [-0.15, -0.1) is 0 Å². The minimum atomic E-state index is -0.810. The number of benzene rings is 4. The monoisotopic (exact) mass is 626 g/mol. The van der Waals surface area contributed by atoms with Gasteiger partial charge in [0.25, 0.3) is 0 Å². The molecule has 0 aliphatic rings. The molecule has 0 N–H and O–H groups in total. The van der Waals surface area contributed by atoms with Gasteiger partial charge in [0.2, 0.25) is 0 Å². The lowest BCUT2D eigenvalue weighted by Gasteiger charge is -2.31. The van der Waals surface area contributed by atoms with Crippen molar-refractivity contribution in [3.05, 3.63) is 131 Å². The van der Waals surface area contributed by atoms with E-state index in [4.69, 9.17) is 28.4 Å². The van der Waals surface area contributed by atoms with Gasteiger partial charge >= 0.3 is 6.16 Å². The first-order valence-corrected chi connectivity index (χ1v) is 15.9. The van der Waals surface area contributed by atoms with Crippen LogP contribution in [0.3, 0.4) is 0 Å². The Morgan fingerprint density at radius 2 is 0.804 bits per heavy atom. The molecule has 7 nitrogen and oxygen atoms in total. The maximum atomic E-state index is 12.7. The van der Waals surface area contributed by atoms with Crippen molar-refractivity contribution < 1.29 is 33.2 Å². The topological polar surface area (TPSA) is 72.5 Å². The van der Waals surface area contributed by atoms with Crippen molar-refractivity contribution in [2.24, 2.45) is 0 Å². The van der Waals surface area contributed by atoms with E-state index in [0.29, 0.717) is 64.4 Å². The summed E-state index contributed by atoms with van der Waals surface area (Å²) in [4.78, 5) is 12.7. The highest BCUT2D eigenvalue weighted by molar-refractivity contribution is 5.67. The molecule has 0 bridgehead atoms. The summed E-state index contributed by atoms with van der Waals surface area (Å²) < 4.78 is 33.9. The van der Waals surface area contributed by atoms with E-state index in [2.05, 4.69) is 38.1 Å². The Kier molecular flexibility index (Phi) is 13.4. The highest BCUT2D eigenvalue weighted by Gasteiger charge is 2.31. The van der Waals surface area contributed by atoms with Crippen LogP contribution >= 0.6 is 0 Å². The van der Waals surface area contributed by atoms with Gasteiger partial charge in [0, 0.05) is 24.0 Å². The van der Waals surface area contributed by atoms with Crippen LogP contribution in [0.4, 0.5) is 4.79 Å². The van der Waals surface area contributed by atoms with Crippen LogP contribution in [0.5, 0.6) is 11.5 Å². The lowest BCUT2D eigenvalue weighted by molar-refractivity contribution is 0.0382. The van der Waals surface area contributed by atoms with Gasteiger partial charge in [-0.2, -0.15) is 0 Å². The Morgan fingerprint density at radius 3 is 1.15 bits per heavy atom. The largest absolute Gasteiger partial charge is 0.519 e. The lowest BCUT2D eigenvalue weighted by atomic mass is 9.77. The van der Waals surface area contributed by atoms with Crippen LogP contribution in [-0.2, 0) is 29.8 Å². The van der Waals surface area contributed by atoms with E-state index in [1.54, 1.807) is 24.3 Å². The van der Waals surface area contributed by atoms with Gasteiger partial charge in [-0.3, -0.25) is 0 Å². The molecule has 4 aromatic rings. The summed E-state index contributed by atoms with van der Waals surface area (Å²) in [6, 6.07) is 35.4. The zero-order valence-electron chi connectivity index (χ0n) is 27.4. The van der Waals surface area contributed by atoms with E-state index in [0.717, 1.165) is 22.3 Å². The molecular weight excluding hydrogens is 580 g/mol. The fraction of sp³-hybridized carbons (Fsp3) is 0.359. The zero-order chi connectivity index (χ0) is 32.7. The quantitative estimate of drug-likeness (QED) is 0.0630. The third-order valence-electron chi connectivity index (χ3n) is 8.14. The van der Waals surface area contributed by atoms with E-state index in [1.165, 1.54) is 0 Å². The third-order valence-corrected chi connectivity index (χ3v) is 8.14. The molecule has 0 aliphatic heterocycles. The fourth-order valence-electron chi connectivity index (χ4n) is 5.35. The van der Waals surface area contributed by atoms with E-state index in [9.17, 15) is 4.79 Å². The summed E-state index contributed by atoms with van der Waals surface area (Å²) in [5, 5.41) is 0. The predicted molar refractivity (Wildman–Crippen MR) is 180 cm³/mol. The smallest absolute Gasteiger partial charge is 0.395 e. The molecule has 0 heterocycles. The Morgan fingerprint density at radius 1 is 0.478 bits per heavy atom. The van der Waals surface area contributed by atoms with Gasteiger partial charge < -0.3 is 28.4 Å². The Bertz CT molecular complexity index is 1330. The number of carbonyl (C=O) groups excluding carboxylic acids is 1. The number of rotatable bonds is 18. The van der Waals surface area contributed by atoms with Gasteiger partial charge in [-0.05, 0) is 74.2 Å². The van der Waals surface area contributed by atoms with E-state index >= 15 is 0 Å². The molecule has 0 fully saturated rings. The normalized spacial score (nSPS) is 13.8. The van der Waals surface area contributed by atoms with Crippen molar-refractivity contribution in [3.8, 4) is 11.5 Å². The highest BCUT2D eigenvalue weighted by Crippen LogP contribution is 2.35. The zero-order valence-corrected chi connectivity index (χ0v) is 27.4. The maximum Gasteiger partial charge on any atom is 0.519 e. The molecule has 244 valence electrons. The van der Waals surface area contributed by atoms with Crippen LogP contribution in [0.1, 0.15) is 49.9 Å². The van der Waals surface area contributed by atoms with Gasteiger partial charge in [0.15, 0.2) is 0 Å². The van der Waals surface area contributed by atoms with Crippen LogP contribution in [0.2, 0.25) is 0 Å². The van der Waals surface area contributed by atoms with E-state index < -0.39 is 17.0 Å². The summed E-state index contributed by atoms with van der Waals surface area (Å²) in [6.07, 6.45) is -0.810. The molecule has 0 radical (unpaired) electrons. The molecule has 2 unspecified atom stereocenters. The Labute approximate surface area is 273 Å². The van der Waals surface area contributed by atoms with Gasteiger partial charge in [-0.1, -0.05) is 84.9 Å². The van der Waals surface area contributed by atoms with Gasteiger partial charge in [-0.25, -0.2) is 4.79 Å². The minimum Gasteiger partial charge on any atom is -0.395 e. The molecule has 4 aromatic carbocycles. The molecule has 0 saturated heterocycles. The average molecular weight is 627 g/mol. The van der Waals surface area contributed by atoms with Crippen molar-refractivity contribution in [1.29, 1.82) is 0 Å². The fourth-order valence-corrected chi connectivity index (χ4v) is 5.35. The Balaban J connectivity index is 1.40. The van der Waals surface area contributed by atoms with Crippen LogP contribution in [-0.4, -0.2) is 59.0 Å². The van der Waals surface area contributed by atoms with E-state index in [-0.39, 0.29) is 0 Å². The molecule has 0 aliphatic carbocycles. The highest BCUT2D eigenvalue weighted by atomic mass is 16.7. The number of hydrogen-bond donors (Lipinski definition) is 0. The lowest BCUT2D eigenvalue weighted by Crippen LogP contribution is -2.30. The van der Waals surface area contributed by atoms with Crippen LogP contribution in [0.15, 0.2) is 109 Å². The second-order valence-corrected chi connectivity index (χ2v) is 11.4. The second-order valence-electron chi connectivity index (χ2n) is 11.4. The molecular formula is C39H46O7. The predicted octanol–water partition coefficient (Wildman–Crippen LogP) is 7.98. The molecule has 2 atom stereocenters. The van der Waals surface area contributed by atoms with Crippen LogP contribution < -0.4 is 9.47 Å². The van der Waals surface area contributed by atoms with Gasteiger partial charge in [0.1, 0.15) is 11.5 Å². The molecule has 7 heteroatoms. The van der Waals surface area contributed by atoms with Crippen molar-refractivity contribution in [2.75, 3.05) is 52.9 Å². The number of ether oxygens (including phenoxy) is 6. The first-order chi connectivity index (χ1) is 22.4. The van der Waals surface area contributed by atoms with E-state index in [1.807, 2.05) is 74.5 Å². The third kappa shape index (κ3) is 9.50. The molecule has 0 saturated carbocycles. The minimum absolute atomic E-state index is 0.388. The summed E-state index contributed by atoms with van der Waals surface area (Å²) in [6.45, 7) is 12.6. The SMILES string of the molecule is CCOCCOCC(C)(c1ccccc1)c1ccc(OC(=O)Oc2ccc(C(C)(COCCOCC)c3ccccc3)cc2)cc1. The van der Waals surface area contributed by atoms with Crippen molar-refractivity contribution in [3.63, 3.8) is 0 Å². The molecule has 4 rings (SSSR count). The average Bonchev–Trinajstić information content (AvgIpc) is 3.09. The van der Waals surface area contributed by atoms with Crippen LogP contribution in [0, 0.1) is 0 Å². The standard InChI is InChI=1S/C39H46O7/c1-5-41-25-27-43-29-38(3,31-13-9-7-10-14-31)33-17-21-35(22-18-33)45-37(40)46-36-23-19-34(20-24-36)39(4,30-44-28-26-42-6-2)32-15-11-8-12-16-32/h7-24H,5-6,25-30H2,1-4H3. The summed E-state index contributed by atoms with van der Waals surface area (Å²) in [5.41, 5.74) is 3.52. The number of carbonyl (C=O) groups is 1. The summed E-state index contributed by atoms with van der Waals surface area (Å²) in [5.74, 6) is 0.776. The molecule has 0 amide bonds. The molecule has 0 aromatic heterocycles. The van der Waals surface area contributed by atoms with Crippen molar-refractivity contribution in [2.45, 2.75) is 38.5 Å². The van der Waals surface area contributed by atoms with Crippen molar-refractivity contribution >= 4 is 6.16 Å². The number of hydrogen-bond acceptors (Lipinski definition) is 7. The second kappa shape index (κ2) is 17.6. The maximum absolute atomic E-state index is 12.7. The molecule has 0 spiro atoms. The summed E-state index contributed by atoms with van der Waals surface area (Å²) in [7, 11) is 0. The molecule has 46 heavy (non-hydrogen) atoms.